The van der Waals surface area contributed by atoms with E-state index < -0.39 is 0 Å². The number of carbonyl (C=O) groups excluding carboxylic acids is 1. The lowest BCUT2D eigenvalue weighted by molar-refractivity contribution is -0.119. The highest BCUT2D eigenvalue weighted by Gasteiger charge is 2.13. The molecule has 0 saturated heterocycles. The molecule has 0 unspecified atom stereocenters. The van der Waals surface area contributed by atoms with Crippen LogP contribution in [0.5, 0.6) is 11.5 Å². The van der Waals surface area contributed by atoms with Gasteiger partial charge in [-0.3, -0.25) is 4.79 Å². The van der Waals surface area contributed by atoms with Gasteiger partial charge in [0.25, 0.3) is 0 Å². The van der Waals surface area contributed by atoms with Gasteiger partial charge in [-0.2, -0.15) is 0 Å². The molecule has 0 radical (unpaired) electrons. The first-order chi connectivity index (χ1) is 10.7. The van der Waals surface area contributed by atoms with E-state index in [0.29, 0.717) is 6.54 Å². The first-order valence-corrected chi connectivity index (χ1v) is 7.65. The molecule has 0 atom stereocenters. The minimum Gasteiger partial charge on any atom is -0.454 e. The number of hydrogen-bond donors (Lipinski definition) is 2. The van der Waals surface area contributed by atoms with Crippen LogP contribution in [0.4, 0.5) is 5.69 Å². The van der Waals surface area contributed by atoms with E-state index >= 15 is 0 Å². The number of nitrogens with one attached hydrogen (secondary N) is 2. The summed E-state index contributed by atoms with van der Waals surface area (Å²) in [5.41, 5.74) is 1.88. The number of benzene rings is 2. The number of hydrogen-bond acceptors (Lipinski definition) is 4. The molecule has 1 aliphatic rings. The molecule has 0 saturated carbocycles. The van der Waals surface area contributed by atoms with E-state index in [-0.39, 0.29) is 19.2 Å². The standard InChI is InChI=1S/C16H15BrN2O3/c17-12-2-4-13(5-3-12)18-9-16(20)19-8-11-1-6-14-15(7-11)22-10-21-14/h1-7,18H,8-10H2,(H,19,20). The third-order valence-corrected chi connectivity index (χ3v) is 3.75. The van der Waals surface area contributed by atoms with E-state index in [2.05, 4.69) is 26.6 Å². The topological polar surface area (TPSA) is 59.6 Å². The van der Waals surface area contributed by atoms with Gasteiger partial charge in [0.05, 0.1) is 6.54 Å². The van der Waals surface area contributed by atoms with Crippen LogP contribution in [0, 0.1) is 0 Å². The highest BCUT2D eigenvalue weighted by Crippen LogP contribution is 2.32. The van der Waals surface area contributed by atoms with Crippen LogP contribution in [0.1, 0.15) is 5.56 Å². The molecule has 2 aromatic carbocycles. The Labute approximate surface area is 136 Å². The summed E-state index contributed by atoms with van der Waals surface area (Å²) in [6, 6.07) is 13.3. The van der Waals surface area contributed by atoms with Crippen molar-refractivity contribution in [2.45, 2.75) is 6.54 Å². The molecule has 1 amide bonds. The fourth-order valence-electron chi connectivity index (χ4n) is 2.06. The predicted molar refractivity (Wildman–Crippen MR) is 87.0 cm³/mol. The first-order valence-electron chi connectivity index (χ1n) is 6.85. The number of carbonyl (C=O) groups is 1. The Morgan fingerprint density at radius 2 is 1.86 bits per heavy atom. The van der Waals surface area contributed by atoms with Crippen molar-refractivity contribution in [3.63, 3.8) is 0 Å². The van der Waals surface area contributed by atoms with Crippen LogP contribution in [0.2, 0.25) is 0 Å². The van der Waals surface area contributed by atoms with Gasteiger partial charge in [-0.15, -0.1) is 0 Å². The van der Waals surface area contributed by atoms with Gasteiger partial charge in [0.15, 0.2) is 11.5 Å². The van der Waals surface area contributed by atoms with Gasteiger partial charge in [0.1, 0.15) is 0 Å². The minimum absolute atomic E-state index is 0.0689. The molecule has 5 nitrogen and oxygen atoms in total. The Hall–Kier alpha value is -2.21. The summed E-state index contributed by atoms with van der Waals surface area (Å²) in [6.07, 6.45) is 0. The molecule has 3 rings (SSSR count). The van der Waals surface area contributed by atoms with Crippen molar-refractivity contribution in [1.82, 2.24) is 5.32 Å². The number of anilines is 1. The average Bonchev–Trinajstić information content (AvgIpc) is 3.00. The summed E-state index contributed by atoms with van der Waals surface area (Å²) < 4.78 is 11.6. The van der Waals surface area contributed by atoms with Crippen molar-refractivity contribution in [2.24, 2.45) is 0 Å². The maximum Gasteiger partial charge on any atom is 0.239 e. The molecule has 1 heterocycles. The van der Waals surface area contributed by atoms with E-state index in [1.807, 2.05) is 42.5 Å². The largest absolute Gasteiger partial charge is 0.454 e. The van der Waals surface area contributed by atoms with E-state index in [0.717, 1.165) is 27.2 Å². The molecule has 0 bridgehead atoms. The number of halogens is 1. The lowest BCUT2D eigenvalue weighted by Crippen LogP contribution is -2.29. The van der Waals surface area contributed by atoms with Crippen molar-refractivity contribution < 1.29 is 14.3 Å². The van der Waals surface area contributed by atoms with E-state index in [1.165, 1.54) is 0 Å². The molecule has 0 fully saturated rings. The molecule has 114 valence electrons. The SMILES string of the molecule is O=C(CNc1ccc(Br)cc1)NCc1ccc2c(c1)OCO2. The second kappa shape index (κ2) is 6.70. The van der Waals surface area contributed by atoms with Gasteiger partial charge in [0.2, 0.25) is 12.7 Å². The van der Waals surface area contributed by atoms with Crippen molar-refractivity contribution >= 4 is 27.5 Å². The quantitative estimate of drug-likeness (QED) is 0.858. The molecule has 2 aromatic rings. The summed E-state index contributed by atoms with van der Waals surface area (Å²) in [7, 11) is 0. The molecule has 22 heavy (non-hydrogen) atoms. The van der Waals surface area contributed by atoms with Gasteiger partial charge in [-0.1, -0.05) is 22.0 Å². The fourth-order valence-corrected chi connectivity index (χ4v) is 2.33. The Bertz CT molecular complexity index is 674. The summed E-state index contributed by atoms with van der Waals surface area (Å²) in [6.45, 7) is 0.936. The Morgan fingerprint density at radius 3 is 2.68 bits per heavy atom. The van der Waals surface area contributed by atoms with Crippen LogP contribution in [0.3, 0.4) is 0 Å². The molecular formula is C16H15BrN2O3. The maximum absolute atomic E-state index is 11.9. The zero-order valence-electron chi connectivity index (χ0n) is 11.8. The van der Waals surface area contributed by atoms with Gasteiger partial charge in [-0.25, -0.2) is 0 Å². The van der Waals surface area contributed by atoms with Crippen LogP contribution in [0.25, 0.3) is 0 Å². The highest BCUT2D eigenvalue weighted by molar-refractivity contribution is 9.10. The third-order valence-electron chi connectivity index (χ3n) is 3.22. The second-order valence-corrected chi connectivity index (χ2v) is 5.74. The zero-order chi connectivity index (χ0) is 15.4. The minimum atomic E-state index is -0.0689. The fraction of sp³-hybridized carbons (Fsp3) is 0.188. The number of ether oxygens (including phenoxy) is 2. The molecular weight excluding hydrogens is 348 g/mol. The zero-order valence-corrected chi connectivity index (χ0v) is 13.4. The summed E-state index contributed by atoms with van der Waals surface area (Å²) >= 11 is 3.37. The normalized spacial score (nSPS) is 12.0. The highest BCUT2D eigenvalue weighted by atomic mass is 79.9. The van der Waals surface area contributed by atoms with Crippen LogP contribution in [-0.2, 0) is 11.3 Å². The van der Waals surface area contributed by atoms with E-state index in [1.54, 1.807) is 0 Å². The number of amides is 1. The molecule has 0 aromatic heterocycles. The smallest absolute Gasteiger partial charge is 0.239 e. The Balaban J connectivity index is 1.47. The molecule has 1 aliphatic heterocycles. The van der Waals surface area contributed by atoms with E-state index in [9.17, 15) is 4.79 Å². The van der Waals surface area contributed by atoms with Crippen LogP contribution >= 0.6 is 15.9 Å². The van der Waals surface area contributed by atoms with Gasteiger partial charge >= 0.3 is 0 Å². The third kappa shape index (κ3) is 3.71. The van der Waals surface area contributed by atoms with Crippen LogP contribution in [-0.4, -0.2) is 19.2 Å². The maximum atomic E-state index is 11.9. The van der Waals surface area contributed by atoms with E-state index in [4.69, 9.17) is 9.47 Å². The summed E-state index contributed by atoms with van der Waals surface area (Å²) in [5.74, 6) is 1.40. The van der Waals surface area contributed by atoms with Crippen molar-refractivity contribution in [3.8, 4) is 11.5 Å². The summed E-state index contributed by atoms with van der Waals surface area (Å²) in [4.78, 5) is 11.9. The second-order valence-electron chi connectivity index (χ2n) is 4.82. The Morgan fingerprint density at radius 1 is 1.09 bits per heavy atom. The van der Waals surface area contributed by atoms with Gasteiger partial charge < -0.3 is 20.1 Å². The number of fused-ring (bicyclic) bond motifs is 1. The predicted octanol–water partition coefficient (Wildman–Crippen LogP) is 2.91. The molecule has 0 aliphatic carbocycles. The molecule has 6 heteroatoms. The molecule has 0 spiro atoms. The molecule has 2 N–H and O–H groups in total. The Kier molecular flexibility index (Phi) is 4.48. The van der Waals surface area contributed by atoms with Crippen molar-refractivity contribution in [1.29, 1.82) is 0 Å². The first kappa shape index (κ1) is 14.7. The monoisotopic (exact) mass is 362 g/mol. The van der Waals surface area contributed by atoms with Gasteiger partial charge in [-0.05, 0) is 42.0 Å². The van der Waals surface area contributed by atoms with Crippen molar-refractivity contribution in [2.75, 3.05) is 18.7 Å². The van der Waals surface area contributed by atoms with Crippen LogP contribution < -0.4 is 20.1 Å². The lowest BCUT2D eigenvalue weighted by atomic mass is 10.2. The lowest BCUT2D eigenvalue weighted by Gasteiger charge is -2.08. The van der Waals surface area contributed by atoms with Gasteiger partial charge in [0, 0.05) is 16.7 Å². The van der Waals surface area contributed by atoms with Crippen molar-refractivity contribution in [3.05, 3.63) is 52.5 Å². The summed E-state index contributed by atoms with van der Waals surface area (Å²) in [5, 5.41) is 5.94. The average molecular weight is 363 g/mol. The number of rotatable bonds is 5. The van der Waals surface area contributed by atoms with Crippen LogP contribution in [0.15, 0.2) is 46.9 Å².